The van der Waals surface area contributed by atoms with E-state index in [1.165, 1.54) is 11.3 Å². The van der Waals surface area contributed by atoms with Crippen molar-refractivity contribution in [2.24, 2.45) is 0 Å². The molecule has 6 heteroatoms. The van der Waals surface area contributed by atoms with Gasteiger partial charge in [0.05, 0.1) is 5.69 Å². The van der Waals surface area contributed by atoms with Crippen molar-refractivity contribution in [2.75, 3.05) is 6.54 Å². The zero-order chi connectivity index (χ0) is 19.3. The molecule has 0 saturated carbocycles. The number of hydrogen-bond acceptors (Lipinski definition) is 4. The third kappa shape index (κ3) is 3.97. The molecule has 0 unspecified atom stereocenters. The van der Waals surface area contributed by atoms with E-state index >= 15 is 0 Å². The number of rotatable bonds is 4. The van der Waals surface area contributed by atoms with E-state index in [-0.39, 0.29) is 11.8 Å². The molecule has 2 aromatic carbocycles. The fourth-order valence-corrected chi connectivity index (χ4v) is 4.27. The Morgan fingerprint density at radius 3 is 2.39 bits per heavy atom. The molecular formula is C22H21N3O2S. The van der Waals surface area contributed by atoms with Crippen LogP contribution in [-0.2, 0) is 4.79 Å². The van der Waals surface area contributed by atoms with E-state index in [1.807, 2.05) is 60.7 Å². The van der Waals surface area contributed by atoms with Gasteiger partial charge in [0, 0.05) is 17.7 Å². The Balaban J connectivity index is 1.69. The van der Waals surface area contributed by atoms with E-state index in [9.17, 15) is 9.59 Å². The van der Waals surface area contributed by atoms with Crippen LogP contribution in [0.3, 0.4) is 0 Å². The van der Waals surface area contributed by atoms with Gasteiger partial charge in [-0.2, -0.15) is 0 Å². The van der Waals surface area contributed by atoms with Crippen molar-refractivity contribution in [1.82, 2.24) is 15.6 Å². The number of nitrogens with one attached hydrogen (secondary N) is 2. The lowest BCUT2D eigenvalue weighted by Gasteiger charge is -2.15. The molecule has 2 heterocycles. The Labute approximate surface area is 167 Å². The number of benzene rings is 2. The van der Waals surface area contributed by atoms with Gasteiger partial charge in [0.15, 0.2) is 0 Å². The first-order chi connectivity index (χ1) is 13.7. The maximum atomic E-state index is 13.1. The van der Waals surface area contributed by atoms with E-state index in [0.29, 0.717) is 23.5 Å². The number of amides is 2. The summed E-state index contributed by atoms with van der Waals surface area (Å²) in [6.07, 6.45) is 2.50. The third-order valence-electron chi connectivity index (χ3n) is 4.74. The van der Waals surface area contributed by atoms with Crippen LogP contribution in [0.25, 0.3) is 21.8 Å². The predicted molar refractivity (Wildman–Crippen MR) is 111 cm³/mol. The lowest BCUT2D eigenvalue weighted by Crippen LogP contribution is -2.45. The highest BCUT2D eigenvalue weighted by Crippen LogP contribution is 2.34. The first kappa shape index (κ1) is 18.4. The zero-order valence-corrected chi connectivity index (χ0v) is 16.2. The Hall–Kier alpha value is -2.99. The molecule has 4 rings (SSSR count). The molecule has 28 heavy (non-hydrogen) atoms. The van der Waals surface area contributed by atoms with Crippen molar-refractivity contribution in [3.63, 3.8) is 0 Å². The number of thiazole rings is 1. The average Bonchev–Trinajstić information content (AvgIpc) is 3.10. The molecule has 0 spiro atoms. The predicted octanol–water partition coefficient (Wildman–Crippen LogP) is 3.88. The summed E-state index contributed by atoms with van der Waals surface area (Å²) in [7, 11) is 0. The fraction of sp³-hybridized carbons (Fsp3) is 0.227. The maximum Gasteiger partial charge on any atom is 0.264 e. The SMILES string of the molecule is O=C(N[C@H]1CCCCNC1=O)c1sc(-c2ccccc2)nc1-c1ccccc1. The van der Waals surface area contributed by atoms with Crippen LogP contribution in [0, 0.1) is 0 Å². The number of carbonyl (C=O) groups is 2. The molecule has 2 amide bonds. The van der Waals surface area contributed by atoms with Gasteiger partial charge in [0.1, 0.15) is 15.9 Å². The van der Waals surface area contributed by atoms with Gasteiger partial charge < -0.3 is 10.6 Å². The molecule has 1 fully saturated rings. The van der Waals surface area contributed by atoms with Crippen molar-refractivity contribution in [2.45, 2.75) is 25.3 Å². The van der Waals surface area contributed by atoms with Gasteiger partial charge in [-0.1, -0.05) is 60.7 Å². The first-order valence-corrected chi connectivity index (χ1v) is 10.2. The highest BCUT2D eigenvalue weighted by Gasteiger charge is 2.26. The van der Waals surface area contributed by atoms with Gasteiger partial charge in [-0.15, -0.1) is 11.3 Å². The molecule has 5 nitrogen and oxygen atoms in total. The summed E-state index contributed by atoms with van der Waals surface area (Å²) < 4.78 is 0. The second-order valence-corrected chi connectivity index (χ2v) is 7.74. The minimum atomic E-state index is -0.499. The van der Waals surface area contributed by atoms with Crippen LogP contribution < -0.4 is 10.6 Å². The van der Waals surface area contributed by atoms with Crippen LogP contribution in [0.15, 0.2) is 60.7 Å². The summed E-state index contributed by atoms with van der Waals surface area (Å²) in [4.78, 5) is 30.6. The maximum absolute atomic E-state index is 13.1. The third-order valence-corrected chi connectivity index (χ3v) is 5.85. The number of carbonyl (C=O) groups excluding carboxylic acids is 2. The van der Waals surface area contributed by atoms with Crippen molar-refractivity contribution in [3.05, 3.63) is 65.5 Å². The highest BCUT2D eigenvalue weighted by atomic mass is 32.1. The smallest absolute Gasteiger partial charge is 0.264 e. The van der Waals surface area contributed by atoms with Crippen LogP contribution in [0.4, 0.5) is 0 Å². The Kier molecular flexibility index (Phi) is 5.48. The molecule has 1 aliphatic rings. The van der Waals surface area contributed by atoms with Gasteiger partial charge in [-0.25, -0.2) is 4.98 Å². The summed E-state index contributed by atoms with van der Waals surface area (Å²) in [5.41, 5.74) is 2.50. The molecular weight excluding hydrogens is 370 g/mol. The summed E-state index contributed by atoms with van der Waals surface area (Å²) in [6, 6.07) is 19.0. The monoisotopic (exact) mass is 391 g/mol. The number of aromatic nitrogens is 1. The molecule has 3 aromatic rings. The van der Waals surface area contributed by atoms with E-state index in [1.54, 1.807) is 0 Å². The van der Waals surface area contributed by atoms with Crippen LogP contribution in [0.2, 0.25) is 0 Å². The molecule has 1 aliphatic heterocycles. The molecule has 1 saturated heterocycles. The fourth-order valence-electron chi connectivity index (χ4n) is 3.27. The average molecular weight is 391 g/mol. The minimum absolute atomic E-state index is 0.111. The molecule has 0 aliphatic carbocycles. The molecule has 0 radical (unpaired) electrons. The summed E-state index contributed by atoms with van der Waals surface area (Å²) in [5.74, 6) is -0.361. The van der Waals surface area contributed by atoms with Crippen molar-refractivity contribution in [1.29, 1.82) is 0 Å². The van der Waals surface area contributed by atoms with Crippen molar-refractivity contribution in [3.8, 4) is 21.8 Å². The van der Waals surface area contributed by atoms with Gasteiger partial charge in [0.2, 0.25) is 5.91 Å². The van der Waals surface area contributed by atoms with Crippen molar-refractivity contribution < 1.29 is 9.59 Å². The molecule has 1 aromatic heterocycles. The van der Waals surface area contributed by atoms with E-state index < -0.39 is 6.04 Å². The lowest BCUT2D eigenvalue weighted by molar-refractivity contribution is -0.122. The molecule has 142 valence electrons. The van der Waals surface area contributed by atoms with Gasteiger partial charge in [-0.05, 0) is 19.3 Å². The Morgan fingerprint density at radius 2 is 1.68 bits per heavy atom. The van der Waals surface area contributed by atoms with Crippen LogP contribution in [0.5, 0.6) is 0 Å². The largest absolute Gasteiger partial charge is 0.354 e. The molecule has 1 atom stereocenters. The van der Waals surface area contributed by atoms with Gasteiger partial charge in [-0.3, -0.25) is 9.59 Å². The van der Waals surface area contributed by atoms with E-state index in [4.69, 9.17) is 4.98 Å². The second-order valence-electron chi connectivity index (χ2n) is 6.74. The van der Waals surface area contributed by atoms with Crippen LogP contribution in [0.1, 0.15) is 28.9 Å². The van der Waals surface area contributed by atoms with Crippen LogP contribution in [-0.4, -0.2) is 29.4 Å². The Morgan fingerprint density at radius 1 is 1.00 bits per heavy atom. The standard InChI is InChI=1S/C22H21N3O2S/c26-20-17(13-7-8-14-23-20)24-21(27)19-18(15-9-3-1-4-10-15)25-22(28-19)16-11-5-2-6-12-16/h1-6,9-12,17H,7-8,13-14H2,(H,23,26)(H,24,27)/t17-/m0/s1. The topological polar surface area (TPSA) is 71.1 Å². The van der Waals surface area contributed by atoms with E-state index in [2.05, 4.69) is 10.6 Å². The molecule has 2 N–H and O–H groups in total. The van der Waals surface area contributed by atoms with Crippen LogP contribution >= 0.6 is 11.3 Å². The normalized spacial score (nSPS) is 16.9. The minimum Gasteiger partial charge on any atom is -0.354 e. The number of nitrogens with zero attached hydrogens (tertiary/aromatic N) is 1. The highest BCUT2D eigenvalue weighted by molar-refractivity contribution is 7.17. The first-order valence-electron chi connectivity index (χ1n) is 9.42. The summed E-state index contributed by atoms with van der Waals surface area (Å²) in [6.45, 7) is 0.666. The molecule has 0 bridgehead atoms. The summed E-state index contributed by atoms with van der Waals surface area (Å²) in [5, 5.41) is 6.57. The van der Waals surface area contributed by atoms with E-state index in [0.717, 1.165) is 29.0 Å². The number of hydrogen-bond donors (Lipinski definition) is 2. The van der Waals surface area contributed by atoms with Gasteiger partial charge >= 0.3 is 0 Å². The lowest BCUT2D eigenvalue weighted by atomic mass is 10.1. The van der Waals surface area contributed by atoms with Gasteiger partial charge in [0.25, 0.3) is 5.91 Å². The van der Waals surface area contributed by atoms with Crippen molar-refractivity contribution >= 4 is 23.2 Å². The zero-order valence-electron chi connectivity index (χ0n) is 15.4. The quantitative estimate of drug-likeness (QED) is 0.709. The second kappa shape index (κ2) is 8.35. The summed E-state index contributed by atoms with van der Waals surface area (Å²) >= 11 is 1.36. The Bertz CT molecular complexity index is 970.